The van der Waals surface area contributed by atoms with Crippen LogP contribution in [-0.2, 0) is 16.1 Å². The molecular formula is C20H23ClN2O3. The van der Waals surface area contributed by atoms with Crippen LogP contribution in [0.3, 0.4) is 0 Å². The Morgan fingerprint density at radius 2 is 1.69 bits per heavy atom. The zero-order chi connectivity index (χ0) is 18.9. The standard InChI is InChI=1S/C20H23ClN2O3/c1-3-18(16-9-11-17(21)12-10-16)23-19(24)14(2)22-20(25)26-13-15-7-5-4-6-8-15/h4-12,14,18H,3,13H2,1-2H3,(H,22,25)(H,23,24)/t14-,18?/m0/s1. The molecule has 0 radical (unpaired) electrons. The molecule has 138 valence electrons. The third-order valence-electron chi connectivity index (χ3n) is 3.94. The molecule has 2 amide bonds. The number of hydrogen-bond acceptors (Lipinski definition) is 3. The molecule has 0 heterocycles. The van der Waals surface area contributed by atoms with Crippen LogP contribution >= 0.6 is 11.6 Å². The van der Waals surface area contributed by atoms with Gasteiger partial charge in [0.25, 0.3) is 0 Å². The molecule has 0 spiro atoms. The first kappa shape index (κ1) is 19.8. The van der Waals surface area contributed by atoms with E-state index in [1.165, 1.54) is 0 Å². The summed E-state index contributed by atoms with van der Waals surface area (Å²) in [4.78, 5) is 24.2. The molecule has 0 aromatic heterocycles. The number of benzene rings is 2. The summed E-state index contributed by atoms with van der Waals surface area (Å²) in [7, 11) is 0. The minimum atomic E-state index is -0.709. The first-order valence-electron chi connectivity index (χ1n) is 8.52. The molecule has 0 saturated heterocycles. The van der Waals surface area contributed by atoms with Gasteiger partial charge in [0.05, 0.1) is 6.04 Å². The number of amides is 2. The predicted molar refractivity (Wildman–Crippen MR) is 102 cm³/mol. The van der Waals surface area contributed by atoms with Crippen LogP contribution in [0.25, 0.3) is 0 Å². The molecule has 2 aromatic carbocycles. The molecule has 0 fully saturated rings. The number of nitrogens with one attached hydrogen (secondary N) is 2. The van der Waals surface area contributed by atoms with Crippen molar-refractivity contribution in [2.24, 2.45) is 0 Å². The Balaban J connectivity index is 1.83. The van der Waals surface area contributed by atoms with Crippen molar-refractivity contribution in [3.8, 4) is 0 Å². The zero-order valence-corrected chi connectivity index (χ0v) is 15.6. The lowest BCUT2D eigenvalue weighted by atomic mass is 10.0. The highest BCUT2D eigenvalue weighted by Gasteiger charge is 2.20. The summed E-state index contributed by atoms with van der Waals surface area (Å²) in [5, 5.41) is 6.12. The molecule has 0 aliphatic carbocycles. The minimum absolute atomic E-state index is 0.149. The molecule has 26 heavy (non-hydrogen) atoms. The van der Waals surface area contributed by atoms with Crippen LogP contribution in [0.1, 0.15) is 37.4 Å². The van der Waals surface area contributed by atoms with Gasteiger partial charge in [-0.3, -0.25) is 4.79 Å². The third kappa shape index (κ3) is 6.08. The number of hydrogen-bond donors (Lipinski definition) is 2. The maximum absolute atomic E-state index is 12.4. The van der Waals surface area contributed by atoms with E-state index < -0.39 is 12.1 Å². The molecule has 0 saturated carbocycles. The van der Waals surface area contributed by atoms with E-state index in [0.29, 0.717) is 5.02 Å². The fourth-order valence-corrected chi connectivity index (χ4v) is 2.55. The molecule has 0 bridgehead atoms. The van der Waals surface area contributed by atoms with Gasteiger partial charge in [0, 0.05) is 5.02 Å². The number of halogens is 1. The average molecular weight is 375 g/mol. The van der Waals surface area contributed by atoms with E-state index >= 15 is 0 Å². The van der Waals surface area contributed by atoms with Gasteiger partial charge >= 0.3 is 6.09 Å². The summed E-state index contributed by atoms with van der Waals surface area (Å²) in [5.41, 5.74) is 1.85. The predicted octanol–water partition coefficient (Wildman–Crippen LogP) is 4.22. The summed E-state index contributed by atoms with van der Waals surface area (Å²) in [5.74, 6) is -0.275. The lowest BCUT2D eigenvalue weighted by Gasteiger charge is -2.21. The SMILES string of the molecule is CCC(NC(=O)[C@H](C)NC(=O)OCc1ccccc1)c1ccc(Cl)cc1. The monoisotopic (exact) mass is 374 g/mol. The van der Waals surface area contributed by atoms with Gasteiger partial charge in [-0.25, -0.2) is 4.79 Å². The van der Waals surface area contributed by atoms with Crippen LogP contribution < -0.4 is 10.6 Å². The highest BCUT2D eigenvalue weighted by atomic mass is 35.5. The number of alkyl carbamates (subject to hydrolysis) is 1. The second-order valence-corrected chi connectivity index (χ2v) is 6.39. The lowest BCUT2D eigenvalue weighted by Crippen LogP contribution is -2.45. The smallest absolute Gasteiger partial charge is 0.408 e. The second kappa shape index (κ2) is 9.82. The topological polar surface area (TPSA) is 67.4 Å². The van der Waals surface area contributed by atoms with Crippen LogP contribution in [0.4, 0.5) is 4.79 Å². The highest BCUT2D eigenvalue weighted by Crippen LogP contribution is 2.19. The van der Waals surface area contributed by atoms with E-state index in [1.807, 2.05) is 49.4 Å². The molecule has 6 heteroatoms. The van der Waals surface area contributed by atoms with E-state index in [9.17, 15) is 9.59 Å². The Bertz CT molecular complexity index is 720. The Morgan fingerprint density at radius 3 is 2.31 bits per heavy atom. The lowest BCUT2D eigenvalue weighted by molar-refractivity contribution is -0.123. The van der Waals surface area contributed by atoms with Crippen molar-refractivity contribution in [2.75, 3.05) is 0 Å². The number of ether oxygens (including phenoxy) is 1. The fraction of sp³-hybridized carbons (Fsp3) is 0.300. The van der Waals surface area contributed by atoms with E-state index in [2.05, 4.69) is 10.6 Å². The second-order valence-electron chi connectivity index (χ2n) is 5.95. The van der Waals surface area contributed by atoms with Gasteiger partial charge in [0.1, 0.15) is 12.6 Å². The van der Waals surface area contributed by atoms with Crippen molar-refractivity contribution in [3.63, 3.8) is 0 Å². The molecule has 2 atom stereocenters. The van der Waals surface area contributed by atoms with Gasteiger partial charge in [-0.15, -0.1) is 0 Å². The Kier molecular flexibility index (Phi) is 7.48. The Morgan fingerprint density at radius 1 is 1.04 bits per heavy atom. The van der Waals surface area contributed by atoms with Crippen molar-refractivity contribution < 1.29 is 14.3 Å². The van der Waals surface area contributed by atoms with Crippen LogP contribution in [0.5, 0.6) is 0 Å². The van der Waals surface area contributed by atoms with Crippen LogP contribution in [-0.4, -0.2) is 18.0 Å². The first-order chi connectivity index (χ1) is 12.5. The van der Waals surface area contributed by atoms with Crippen LogP contribution in [0.15, 0.2) is 54.6 Å². The molecule has 2 aromatic rings. The van der Waals surface area contributed by atoms with Gasteiger partial charge < -0.3 is 15.4 Å². The molecule has 2 rings (SSSR count). The molecule has 1 unspecified atom stereocenters. The average Bonchev–Trinajstić information content (AvgIpc) is 2.66. The van der Waals surface area contributed by atoms with Crippen molar-refractivity contribution in [2.45, 2.75) is 39.0 Å². The van der Waals surface area contributed by atoms with E-state index in [-0.39, 0.29) is 18.6 Å². The molecule has 5 nitrogen and oxygen atoms in total. The zero-order valence-electron chi connectivity index (χ0n) is 14.9. The van der Waals surface area contributed by atoms with E-state index in [1.54, 1.807) is 19.1 Å². The van der Waals surface area contributed by atoms with Gasteiger partial charge in [0.15, 0.2) is 0 Å². The quantitative estimate of drug-likeness (QED) is 0.762. The summed E-state index contributed by atoms with van der Waals surface area (Å²) in [6, 6.07) is 15.8. The first-order valence-corrected chi connectivity index (χ1v) is 8.90. The summed E-state index contributed by atoms with van der Waals surface area (Å²) in [6.45, 7) is 3.75. The minimum Gasteiger partial charge on any atom is -0.445 e. The number of rotatable bonds is 7. The number of carbonyl (C=O) groups is 2. The largest absolute Gasteiger partial charge is 0.445 e. The maximum atomic E-state index is 12.4. The van der Waals surface area contributed by atoms with Crippen molar-refractivity contribution in [1.82, 2.24) is 10.6 Å². The van der Waals surface area contributed by atoms with Crippen molar-refractivity contribution in [1.29, 1.82) is 0 Å². The van der Waals surface area contributed by atoms with Gasteiger partial charge in [-0.1, -0.05) is 61.0 Å². The summed E-state index contributed by atoms with van der Waals surface area (Å²) in [6.07, 6.45) is 0.0921. The van der Waals surface area contributed by atoms with E-state index in [0.717, 1.165) is 17.5 Å². The van der Waals surface area contributed by atoms with Gasteiger partial charge in [-0.2, -0.15) is 0 Å². The maximum Gasteiger partial charge on any atom is 0.408 e. The normalized spacial score (nSPS) is 12.7. The van der Waals surface area contributed by atoms with Crippen LogP contribution in [0.2, 0.25) is 5.02 Å². The van der Waals surface area contributed by atoms with Gasteiger partial charge in [0.2, 0.25) is 5.91 Å². The number of carbonyl (C=O) groups excluding carboxylic acids is 2. The molecular weight excluding hydrogens is 352 g/mol. The summed E-state index contributed by atoms with van der Waals surface area (Å²) < 4.78 is 5.13. The Labute approximate surface area is 158 Å². The van der Waals surface area contributed by atoms with Crippen molar-refractivity contribution >= 4 is 23.6 Å². The third-order valence-corrected chi connectivity index (χ3v) is 4.19. The van der Waals surface area contributed by atoms with Gasteiger partial charge in [-0.05, 0) is 36.6 Å². The fourth-order valence-electron chi connectivity index (χ4n) is 2.42. The highest BCUT2D eigenvalue weighted by molar-refractivity contribution is 6.30. The van der Waals surface area contributed by atoms with E-state index in [4.69, 9.17) is 16.3 Å². The van der Waals surface area contributed by atoms with Crippen molar-refractivity contribution in [3.05, 3.63) is 70.7 Å². The Hall–Kier alpha value is -2.53. The molecule has 2 N–H and O–H groups in total. The summed E-state index contributed by atoms with van der Waals surface area (Å²) >= 11 is 5.90. The van der Waals surface area contributed by atoms with Crippen LogP contribution in [0, 0.1) is 0 Å². The molecule has 0 aliphatic rings. The molecule has 0 aliphatic heterocycles.